The van der Waals surface area contributed by atoms with Crippen LogP contribution in [-0.2, 0) is 97.6 Å². The third-order valence-corrected chi connectivity index (χ3v) is 19.2. The molecule has 4 N–H and O–H groups in total. The van der Waals surface area contributed by atoms with Gasteiger partial charge in [-0.2, -0.15) is 0 Å². The predicted molar refractivity (Wildman–Crippen MR) is 407 cm³/mol. The first-order chi connectivity index (χ1) is 47.9. The molecule has 0 unspecified atom stereocenters. The van der Waals surface area contributed by atoms with Crippen molar-refractivity contribution in [1.82, 2.24) is 40.0 Å². The summed E-state index contributed by atoms with van der Waals surface area (Å²) in [4.78, 5) is 18.2. The highest BCUT2D eigenvalue weighted by molar-refractivity contribution is 5.85. The van der Waals surface area contributed by atoms with E-state index in [0.717, 1.165) is 89.3 Å². The number of aromatic nitrogens is 8. The minimum absolute atomic E-state index is 0.0520. The normalized spacial score (nSPS) is 13.4. The SMILES string of the molecule is CC(C)(C)c1cc(C=NCc2ccccn2)c(O)c(Cn2cc(COc3c4cc(C(C)(C)C)cc3Cc3cc(C(C)(C)C)cc(c3O)Cc3cc(C(C)(C)C)cc(c3OCc3cn(Cc5cc(C(C)(C)C)cc(C=NCc6ccccn6)c5O)nn3)Cc3cc(C(C)(C)C)cc(c3O)C4)nn2)c1. The van der Waals surface area contributed by atoms with Gasteiger partial charge in [0.2, 0.25) is 0 Å². The summed E-state index contributed by atoms with van der Waals surface area (Å²) >= 11 is 0. The van der Waals surface area contributed by atoms with E-state index in [0.29, 0.717) is 83.9 Å². The molecule has 16 nitrogen and oxygen atoms in total. The lowest BCUT2D eigenvalue weighted by atomic mass is 9.79. The third-order valence-electron chi connectivity index (χ3n) is 19.2. The first-order valence-corrected chi connectivity index (χ1v) is 35.5. The molecule has 0 spiro atoms. The van der Waals surface area contributed by atoms with Crippen LogP contribution < -0.4 is 9.47 Å². The maximum Gasteiger partial charge on any atom is 0.134 e. The molecule has 0 amide bonds. The molecule has 4 aromatic heterocycles. The first kappa shape index (κ1) is 73.3. The largest absolute Gasteiger partial charge is 0.507 e. The minimum Gasteiger partial charge on any atom is -0.507 e. The number of nitrogens with zero attached hydrogens (tertiary/aromatic N) is 10. The fraction of sp³-hybridized carbons (Fsp3) is 0.395. The number of phenolic OH excluding ortho intramolecular Hbond substituents is 4. The van der Waals surface area contributed by atoms with Crippen LogP contribution in [-0.4, -0.2) is 72.8 Å². The topological polar surface area (TPSA) is 211 Å². The zero-order valence-electron chi connectivity index (χ0n) is 63.0. The molecule has 0 atom stereocenters. The second-order valence-electron chi connectivity index (χ2n) is 33.9. The number of benzene rings is 6. The van der Waals surface area contributed by atoms with Gasteiger partial charge in [-0.25, -0.2) is 9.36 Å². The van der Waals surface area contributed by atoms with E-state index in [9.17, 15) is 20.4 Å². The molecule has 0 aliphatic heterocycles. The van der Waals surface area contributed by atoms with Gasteiger partial charge in [0.1, 0.15) is 59.1 Å². The molecule has 0 fully saturated rings. The maximum absolute atomic E-state index is 13.1. The third kappa shape index (κ3) is 17.5. The lowest BCUT2D eigenvalue weighted by Gasteiger charge is -2.28. The average Bonchev–Trinajstić information content (AvgIpc) is 0.862. The Morgan fingerprint density at radius 3 is 0.951 bits per heavy atom. The maximum atomic E-state index is 13.1. The molecule has 6 aromatic carbocycles. The van der Waals surface area contributed by atoms with Gasteiger partial charge in [0.05, 0.1) is 50.0 Å². The van der Waals surface area contributed by atoms with Crippen LogP contribution in [0.2, 0.25) is 0 Å². The Bertz CT molecular complexity index is 4360. The van der Waals surface area contributed by atoms with Gasteiger partial charge in [-0.1, -0.05) is 196 Å². The van der Waals surface area contributed by atoms with Crippen molar-refractivity contribution >= 4 is 12.4 Å². The molecular weight excluding hydrogens is 1270 g/mol. The number of aromatic hydroxyl groups is 4. The molecule has 102 heavy (non-hydrogen) atoms. The van der Waals surface area contributed by atoms with Crippen molar-refractivity contribution < 1.29 is 29.9 Å². The molecule has 10 aromatic rings. The van der Waals surface area contributed by atoms with Gasteiger partial charge in [0, 0.05) is 72.8 Å². The molecule has 0 saturated heterocycles. The second kappa shape index (κ2) is 28.8. The summed E-state index contributed by atoms with van der Waals surface area (Å²) in [5.74, 6) is 1.87. The summed E-state index contributed by atoms with van der Waals surface area (Å²) in [7, 11) is 0. The molecule has 16 heteroatoms. The summed E-state index contributed by atoms with van der Waals surface area (Å²) in [6, 6.07) is 36.9. The monoisotopic (exact) mass is 1370 g/mol. The van der Waals surface area contributed by atoms with E-state index in [2.05, 4.69) is 214 Å². The molecular formula is C86H102N10O6. The number of aliphatic imine (C=N–C) groups is 2. The summed E-state index contributed by atoms with van der Waals surface area (Å²) in [6.45, 7) is 40.7. The van der Waals surface area contributed by atoms with E-state index < -0.39 is 0 Å². The van der Waals surface area contributed by atoms with Crippen molar-refractivity contribution in [3.8, 4) is 34.5 Å². The Morgan fingerprint density at radius 1 is 0.373 bits per heavy atom. The quantitative estimate of drug-likeness (QED) is 0.0666. The summed E-state index contributed by atoms with van der Waals surface area (Å²) in [5.41, 5.74) is 16.4. The highest BCUT2D eigenvalue weighted by Crippen LogP contribution is 2.45. The van der Waals surface area contributed by atoms with Crippen LogP contribution >= 0.6 is 0 Å². The number of pyridine rings is 2. The molecule has 0 saturated carbocycles. The molecule has 1 aliphatic rings. The van der Waals surface area contributed by atoms with Gasteiger partial charge in [0.15, 0.2) is 0 Å². The number of fused-ring (bicyclic) bond motifs is 8. The fourth-order valence-electron chi connectivity index (χ4n) is 12.8. The van der Waals surface area contributed by atoms with Crippen molar-refractivity contribution in [3.63, 3.8) is 0 Å². The van der Waals surface area contributed by atoms with Gasteiger partial charge >= 0.3 is 0 Å². The van der Waals surface area contributed by atoms with Gasteiger partial charge in [-0.15, -0.1) is 10.2 Å². The lowest BCUT2D eigenvalue weighted by molar-refractivity contribution is 0.295. The van der Waals surface area contributed by atoms with Gasteiger partial charge < -0.3 is 29.9 Å². The molecule has 4 heterocycles. The fourth-order valence-corrected chi connectivity index (χ4v) is 12.8. The number of phenols is 4. The number of rotatable bonds is 16. The number of ether oxygens (including phenoxy) is 2. The van der Waals surface area contributed by atoms with E-state index in [-0.39, 0.29) is 81.8 Å². The summed E-state index contributed by atoms with van der Waals surface area (Å²) in [6.07, 6.45) is 11.9. The summed E-state index contributed by atoms with van der Waals surface area (Å²) < 4.78 is 17.8. The van der Waals surface area contributed by atoms with E-state index in [1.54, 1.807) is 34.2 Å². The van der Waals surface area contributed by atoms with Gasteiger partial charge in [-0.3, -0.25) is 20.0 Å². The molecule has 1 aliphatic carbocycles. The van der Waals surface area contributed by atoms with Crippen LogP contribution in [0.25, 0.3) is 0 Å². The Hall–Kier alpha value is -9.96. The second-order valence-corrected chi connectivity index (χ2v) is 33.9. The molecule has 8 bridgehead atoms. The van der Waals surface area contributed by atoms with Crippen LogP contribution in [0.1, 0.15) is 248 Å². The van der Waals surface area contributed by atoms with Crippen LogP contribution in [0, 0.1) is 0 Å². The van der Waals surface area contributed by atoms with Gasteiger partial charge in [0.25, 0.3) is 0 Å². The predicted octanol–water partition coefficient (Wildman–Crippen LogP) is 17.4. The smallest absolute Gasteiger partial charge is 0.134 e. The summed E-state index contributed by atoms with van der Waals surface area (Å²) in [5, 5.41) is 68.4. The highest BCUT2D eigenvalue weighted by Gasteiger charge is 2.30. The minimum atomic E-state index is -0.323. The molecule has 532 valence electrons. The Balaban J connectivity index is 0.985. The van der Waals surface area contributed by atoms with Crippen molar-refractivity contribution in [2.45, 2.75) is 222 Å². The van der Waals surface area contributed by atoms with Crippen molar-refractivity contribution in [2.24, 2.45) is 9.98 Å². The van der Waals surface area contributed by atoms with Crippen molar-refractivity contribution in [2.75, 3.05) is 0 Å². The zero-order chi connectivity index (χ0) is 73.4. The van der Waals surface area contributed by atoms with Crippen LogP contribution in [0.5, 0.6) is 34.5 Å². The van der Waals surface area contributed by atoms with E-state index in [4.69, 9.17) is 9.47 Å². The number of hydrogen-bond donors (Lipinski definition) is 4. The molecule has 0 radical (unpaired) electrons. The highest BCUT2D eigenvalue weighted by atomic mass is 16.5. The zero-order valence-corrected chi connectivity index (χ0v) is 63.0. The lowest BCUT2D eigenvalue weighted by Crippen LogP contribution is -2.16. The van der Waals surface area contributed by atoms with E-state index in [1.165, 1.54) is 0 Å². The van der Waals surface area contributed by atoms with E-state index in [1.807, 2.05) is 73.1 Å². The van der Waals surface area contributed by atoms with Gasteiger partial charge in [-0.05, 0) is 159 Å². The van der Waals surface area contributed by atoms with Crippen LogP contribution in [0.4, 0.5) is 0 Å². The Morgan fingerprint density at radius 2 is 0.667 bits per heavy atom. The first-order valence-electron chi connectivity index (χ1n) is 35.5. The van der Waals surface area contributed by atoms with Crippen LogP contribution in [0.15, 0.2) is 144 Å². The van der Waals surface area contributed by atoms with E-state index >= 15 is 0 Å². The molecule has 11 rings (SSSR count). The average molecular weight is 1370 g/mol. The van der Waals surface area contributed by atoms with Crippen molar-refractivity contribution in [3.05, 3.63) is 257 Å². The number of hydrogen-bond acceptors (Lipinski definition) is 14. The Labute approximate surface area is 602 Å². The van der Waals surface area contributed by atoms with Crippen LogP contribution in [0.3, 0.4) is 0 Å². The Kier molecular flexibility index (Phi) is 20.7. The standard InChI is InChI=1S/C86H102N10O6/c1-81(2,3)65-31-53-27-57-35-67(83(7,8)9)37-59(79(57)101-51-73-49-95(93-91-73)47-63-41-69(85(13,14)15)39-61(77(63)99)43-87-45-71-23-19-21-25-89-71)29-55-33-66(82(4,5)6)34-56(76(55)98)30-60-38-68(84(10,11)12)36-58(28-54(32-65)75(53)97)80(60)102-52-74-50-96(94-92-74)48-64-42-70(86(16,17)18)40-62(78(64)100)44-88-46-72-24-20-22-26-90-72/h19-26,31-44,49-50,97-100H,27-30,45-48,51-52H2,1-18H3. The van der Waals surface area contributed by atoms with Crippen molar-refractivity contribution in [1.29, 1.82) is 0 Å².